The van der Waals surface area contributed by atoms with Gasteiger partial charge in [-0.3, -0.25) is 0 Å². The lowest BCUT2D eigenvalue weighted by Crippen LogP contribution is -2.48. The molecule has 1 heterocycles. The number of nitrogens with one attached hydrogen (secondary N) is 2. The summed E-state index contributed by atoms with van der Waals surface area (Å²) in [5.74, 6) is 0. The van der Waals surface area contributed by atoms with Crippen molar-refractivity contribution in [3.63, 3.8) is 0 Å². The number of carbonyl (C=O) groups is 1. The van der Waals surface area contributed by atoms with Crippen LogP contribution in [-0.4, -0.2) is 50.7 Å². The van der Waals surface area contributed by atoms with E-state index in [0.29, 0.717) is 32.5 Å². The summed E-state index contributed by atoms with van der Waals surface area (Å²) >= 11 is 0. The number of hydrogen-bond donors (Lipinski definition) is 2. The summed E-state index contributed by atoms with van der Waals surface area (Å²) in [7, 11) is -3.09. The molecule has 17 heavy (non-hydrogen) atoms. The summed E-state index contributed by atoms with van der Waals surface area (Å²) in [5.41, 5.74) is 0. The highest BCUT2D eigenvalue weighted by Crippen LogP contribution is 2.12. The molecule has 0 radical (unpaired) electrons. The Labute approximate surface area is 103 Å². The Kier molecular flexibility index (Phi) is 5.20. The van der Waals surface area contributed by atoms with Crippen LogP contribution >= 0.6 is 0 Å². The third kappa shape index (κ3) is 4.91. The van der Waals surface area contributed by atoms with E-state index >= 15 is 0 Å². The molecule has 100 valence electrons. The molecule has 1 rings (SSSR count). The van der Waals surface area contributed by atoms with Crippen molar-refractivity contribution in [3.8, 4) is 0 Å². The van der Waals surface area contributed by atoms with E-state index in [2.05, 4.69) is 10.6 Å². The van der Waals surface area contributed by atoms with Crippen LogP contribution in [0.3, 0.4) is 0 Å². The van der Waals surface area contributed by atoms with E-state index in [1.54, 1.807) is 0 Å². The Hall–Kier alpha value is -0.820. The normalized spacial score (nSPS) is 18.9. The number of sulfonamides is 1. The van der Waals surface area contributed by atoms with Crippen LogP contribution in [0.25, 0.3) is 0 Å². The van der Waals surface area contributed by atoms with Gasteiger partial charge in [-0.25, -0.2) is 17.5 Å². The summed E-state index contributed by atoms with van der Waals surface area (Å²) < 4.78 is 24.0. The molecule has 0 aliphatic carbocycles. The van der Waals surface area contributed by atoms with Gasteiger partial charge in [-0.15, -0.1) is 0 Å². The number of nitrogens with zero attached hydrogens (tertiary/aromatic N) is 1. The second kappa shape index (κ2) is 6.20. The standard InChI is InChI=1S/C10H21N3O3S/c1-3-6-11-10(14)12-9-4-7-13(8-5-9)17(2,15)16/h9H,3-8H2,1-2H3,(H2,11,12,14). The number of hydrogen-bond acceptors (Lipinski definition) is 3. The first kappa shape index (κ1) is 14.2. The molecular weight excluding hydrogens is 242 g/mol. The first-order valence-corrected chi connectivity index (χ1v) is 7.77. The molecule has 6 nitrogen and oxygen atoms in total. The Morgan fingerprint density at radius 1 is 1.35 bits per heavy atom. The molecule has 0 aromatic heterocycles. The summed E-state index contributed by atoms with van der Waals surface area (Å²) in [6.45, 7) is 3.62. The number of amides is 2. The third-order valence-corrected chi connectivity index (χ3v) is 4.10. The molecule has 1 fully saturated rings. The monoisotopic (exact) mass is 263 g/mol. The van der Waals surface area contributed by atoms with Gasteiger partial charge in [-0.1, -0.05) is 6.92 Å². The van der Waals surface area contributed by atoms with Crippen LogP contribution in [-0.2, 0) is 10.0 Å². The third-order valence-electron chi connectivity index (χ3n) is 2.79. The zero-order valence-corrected chi connectivity index (χ0v) is 11.2. The van der Waals surface area contributed by atoms with Gasteiger partial charge in [0.2, 0.25) is 10.0 Å². The van der Waals surface area contributed by atoms with E-state index in [9.17, 15) is 13.2 Å². The van der Waals surface area contributed by atoms with Crippen LogP contribution < -0.4 is 10.6 Å². The maximum atomic E-state index is 11.4. The van der Waals surface area contributed by atoms with Gasteiger partial charge in [-0.2, -0.15) is 0 Å². The van der Waals surface area contributed by atoms with Crippen molar-refractivity contribution >= 4 is 16.1 Å². The maximum Gasteiger partial charge on any atom is 0.315 e. The van der Waals surface area contributed by atoms with Crippen molar-refractivity contribution in [2.75, 3.05) is 25.9 Å². The Balaban J connectivity index is 2.30. The lowest BCUT2D eigenvalue weighted by Gasteiger charge is -2.30. The molecule has 7 heteroatoms. The van der Waals surface area contributed by atoms with Gasteiger partial charge >= 0.3 is 6.03 Å². The van der Waals surface area contributed by atoms with E-state index in [1.807, 2.05) is 6.92 Å². The van der Waals surface area contributed by atoms with Crippen molar-refractivity contribution in [1.82, 2.24) is 14.9 Å². The summed E-state index contributed by atoms with van der Waals surface area (Å²) in [6, 6.07) is -0.0884. The Morgan fingerprint density at radius 2 is 1.94 bits per heavy atom. The molecule has 2 amide bonds. The van der Waals surface area contributed by atoms with E-state index in [-0.39, 0.29) is 12.1 Å². The molecule has 0 aromatic carbocycles. The van der Waals surface area contributed by atoms with E-state index < -0.39 is 10.0 Å². The van der Waals surface area contributed by atoms with Gasteiger partial charge in [0, 0.05) is 25.7 Å². The number of carbonyl (C=O) groups excluding carboxylic acids is 1. The summed E-state index contributed by atoms with van der Waals surface area (Å²) in [4.78, 5) is 11.4. The second-order valence-corrected chi connectivity index (χ2v) is 6.32. The number of urea groups is 1. The predicted molar refractivity (Wildman–Crippen MR) is 66.3 cm³/mol. The average molecular weight is 263 g/mol. The van der Waals surface area contributed by atoms with E-state index in [1.165, 1.54) is 10.6 Å². The Bertz CT molecular complexity index is 348. The van der Waals surface area contributed by atoms with Gasteiger partial charge in [0.25, 0.3) is 0 Å². The van der Waals surface area contributed by atoms with E-state index in [0.717, 1.165) is 6.42 Å². The summed E-state index contributed by atoms with van der Waals surface area (Å²) in [5, 5.41) is 5.59. The molecule has 0 saturated carbocycles. The van der Waals surface area contributed by atoms with Crippen molar-refractivity contribution in [2.24, 2.45) is 0 Å². The highest BCUT2D eigenvalue weighted by atomic mass is 32.2. The zero-order valence-electron chi connectivity index (χ0n) is 10.4. The maximum absolute atomic E-state index is 11.4. The molecule has 1 aliphatic rings. The van der Waals surface area contributed by atoms with Crippen LogP contribution in [0.15, 0.2) is 0 Å². The topological polar surface area (TPSA) is 78.5 Å². The van der Waals surface area contributed by atoms with Crippen LogP contribution in [0, 0.1) is 0 Å². The SMILES string of the molecule is CCCNC(=O)NC1CCN(S(C)(=O)=O)CC1. The molecule has 0 atom stereocenters. The van der Waals surface area contributed by atoms with Gasteiger partial charge in [0.1, 0.15) is 0 Å². The first-order valence-electron chi connectivity index (χ1n) is 5.93. The van der Waals surface area contributed by atoms with Gasteiger partial charge in [0.15, 0.2) is 0 Å². The minimum Gasteiger partial charge on any atom is -0.338 e. The second-order valence-electron chi connectivity index (χ2n) is 4.34. The predicted octanol–water partition coefficient (Wildman–Crippen LogP) is 0.120. The molecule has 0 spiro atoms. The average Bonchev–Trinajstić information content (AvgIpc) is 2.26. The molecule has 0 unspecified atom stereocenters. The van der Waals surface area contributed by atoms with Crippen molar-refractivity contribution in [1.29, 1.82) is 0 Å². The van der Waals surface area contributed by atoms with E-state index in [4.69, 9.17) is 0 Å². The van der Waals surface area contributed by atoms with Crippen LogP contribution in [0.2, 0.25) is 0 Å². The van der Waals surface area contributed by atoms with Crippen molar-refractivity contribution in [2.45, 2.75) is 32.2 Å². The molecule has 0 aromatic rings. The minimum atomic E-state index is -3.09. The van der Waals surface area contributed by atoms with Crippen LogP contribution in [0.1, 0.15) is 26.2 Å². The minimum absolute atomic E-state index is 0.0739. The number of rotatable bonds is 4. The number of piperidine rings is 1. The largest absolute Gasteiger partial charge is 0.338 e. The highest BCUT2D eigenvalue weighted by molar-refractivity contribution is 7.88. The van der Waals surface area contributed by atoms with Gasteiger partial charge in [0.05, 0.1) is 6.26 Å². The zero-order chi connectivity index (χ0) is 12.9. The fourth-order valence-corrected chi connectivity index (χ4v) is 2.68. The molecule has 2 N–H and O–H groups in total. The smallest absolute Gasteiger partial charge is 0.315 e. The molecule has 1 aliphatic heterocycles. The molecule has 0 bridgehead atoms. The van der Waals surface area contributed by atoms with Gasteiger partial charge in [-0.05, 0) is 19.3 Å². The van der Waals surface area contributed by atoms with Crippen LogP contribution in [0.4, 0.5) is 4.79 Å². The fourth-order valence-electron chi connectivity index (χ4n) is 1.81. The molecular formula is C10H21N3O3S. The quantitative estimate of drug-likeness (QED) is 0.756. The Morgan fingerprint density at radius 3 is 2.41 bits per heavy atom. The first-order chi connectivity index (χ1) is 7.93. The van der Waals surface area contributed by atoms with Crippen molar-refractivity contribution in [3.05, 3.63) is 0 Å². The van der Waals surface area contributed by atoms with Crippen LogP contribution in [0.5, 0.6) is 0 Å². The van der Waals surface area contributed by atoms with Crippen molar-refractivity contribution < 1.29 is 13.2 Å². The lowest BCUT2D eigenvalue weighted by atomic mass is 10.1. The molecule has 1 saturated heterocycles. The highest BCUT2D eigenvalue weighted by Gasteiger charge is 2.25. The lowest BCUT2D eigenvalue weighted by molar-refractivity contribution is 0.228. The summed E-state index contributed by atoms with van der Waals surface area (Å²) in [6.07, 6.45) is 3.47. The fraction of sp³-hybridized carbons (Fsp3) is 0.900. The van der Waals surface area contributed by atoms with Gasteiger partial charge < -0.3 is 10.6 Å².